The highest BCUT2D eigenvalue weighted by atomic mass is 32.1. The molecule has 156 valence electrons. The molecule has 4 N–H and O–H groups in total. The van der Waals surface area contributed by atoms with Gasteiger partial charge in [-0.05, 0) is 31.7 Å². The molecule has 5 heterocycles. The number of fused-ring (bicyclic) bond motifs is 3. The van der Waals surface area contributed by atoms with E-state index in [1.54, 1.807) is 6.20 Å². The Hall–Kier alpha value is -2.74. The summed E-state index contributed by atoms with van der Waals surface area (Å²) in [6, 6.07) is 5.61. The summed E-state index contributed by atoms with van der Waals surface area (Å²) in [5, 5.41) is 26.6. The normalized spacial score (nSPS) is 23.5. The monoisotopic (exact) mass is 424 g/mol. The SMILES string of the molecule is N#CCCN1[C@@H]2CC[C@H]1C[C@H](Nc1nc(Nc3ncc(CO)s3)c3cc[nH]c3n1)C2. The van der Waals surface area contributed by atoms with Crippen LogP contribution in [0.25, 0.3) is 11.0 Å². The number of nitrogens with one attached hydrogen (secondary N) is 3. The number of hydrogen-bond acceptors (Lipinski definition) is 9. The molecule has 0 saturated carbocycles. The van der Waals surface area contributed by atoms with Gasteiger partial charge in [-0.15, -0.1) is 0 Å². The molecule has 0 aliphatic carbocycles. The molecule has 5 rings (SSSR count). The summed E-state index contributed by atoms with van der Waals surface area (Å²) in [4.78, 5) is 20.2. The van der Waals surface area contributed by atoms with E-state index in [0.717, 1.165) is 35.3 Å². The third-order valence-electron chi connectivity index (χ3n) is 6.05. The number of piperidine rings is 1. The number of nitriles is 1. The molecule has 30 heavy (non-hydrogen) atoms. The molecular formula is C20H24N8OS. The fourth-order valence-corrected chi connectivity index (χ4v) is 5.43. The van der Waals surface area contributed by atoms with Crippen LogP contribution in [-0.4, -0.2) is 54.6 Å². The van der Waals surface area contributed by atoms with Crippen molar-refractivity contribution in [2.75, 3.05) is 17.2 Å². The summed E-state index contributed by atoms with van der Waals surface area (Å²) in [6.45, 7) is 0.853. The van der Waals surface area contributed by atoms with E-state index in [0.29, 0.717) is 41.4 Å². The van der Waals surface area contributed by atoms with Gasteiger partial charge in [0.25, 0.3) is 0 Å². The molecule has 2 bridgehead atoms. The van der Waals surface area contributed by atoms with E-state index in [1.807, 2.05) is 12.3 Å². The van der Waals surface area contributed by atoms with Crippen LogP contribution in [0.2, 0.25) is 0 Å². The van der Waals surface area contributed by atoms with Gasteiger partial charge >= 0.3 is 0 Å². The van der Waals surface area contributed by atoms with Crippen LogP contribution in [0.15, 0.2) is 18.5 Å². The van der Waals surface area contributed by atoms with Gasteiger partial charge in [-0.3, -0.25) is 4.90 Å². The molecule has 9 nitrogen and oxygen atoms in total. The van der Waals surface area contributed by atoms with Gasteiger partial charge in [0, 0.05) is 43.5 Å². The molecule has 2 aliphatic rings. The van der Waals surface area contributed by atoms with Crippen LogP contribution >= 0.6 is 11.3 Å². The van der Waals surface area contributed by atoms with Crippen LogP contribution in [0, 0.1) is 11.3 Å². The lowest BCUT2D eigenvalue weighted by Gasteiger charge is -2.38. The molecular weight excluding hydrogens is 400 g/mol. The highest BCUT2D eigenvalue weighted by molar-refractivity contribution is 7.15. The van der Waals surface area contributed by atoms with E-state index in [4.69, 9.17) is 10.2 Å². The molecule has 0 spiro atoms. The summed E-state index contributed by atoms with van der Waals surface area (Å²) >= 11 is 1.40. The number of hydrogen-bond donors (Lipinski definition) is 4. The molecule has 3 aromatic rings. The Morgan fingerprint density at radius 1 is 1.30 bits per heavy atom. The number of nitrogens with zero attached hydrogens (tertiary/aromatic N) is 5. The highest BCUT2D eigenvalue weighted by Crippen LogP contribution is 2.37. The van der Waals surface area contributed by atoms with E-state index < -0.39 is 0 Å². The Kier molecular flexibility index (Phi) is 5.25. The second-order valence-corrected chi connectivity index (χ2v) is 9.01. The van der Waals surface area contributed by atoms with Crippen molar-refractivity contribution in [1.82, 2.24) is 24.8 Å². The van der Waals surface area contributed by atoms with Crippen molar-refractivity contribution in [2.24, 2.45) is 0 Å². The van der Waals surface area contributed by atoms with Gasteiger partial charge < -0.3 is 20.7 Å². The van der Waals surface area contributed by atoms with E-state index >= 15 is 0 Å². The number of anilines is 3. The van der Waals surface area contributed by atoms with E-state index in [-0.39, 0.29) is 6.61 Å². The van der Waals surface area contributed by atoms with Gasteiger partial charge in [-0.1, -0.05) is 11.3 Å². The van der Waals surface area contributed by atoms with E-state index in [2.05, 4.69) is 36.6 Å². The first-order valence-electron chi connectivity index (χ1n) is 10.3. The summed E-state index contributed by atoms with van der Waals surface area (Å²) in [7, 11) is 0. The lowest BCUT2D eigenvalue weighted by Crippen LogP contribution is -2.47. The van der Waals surface area contributed by atoms with Crippen LogP contribution in [0.3, 0.4) is 0 Å². The second kappa shape index (κ2) is 8.18. The van der Waals surface area contributed by atoms with Gasteiger partial charge in [0.2, 0.25) is 5.95 Å². The minimum atomic E-state index is -0.0229. The Morgan fingerprint density at radius 2 is 2.13 bits per heavy atom. The Morgan fingerprint density at radius 3 is 2.87 bits per heavy atom. The zero-order valence-electron chi connectivity index (χ0n) is 16.5. The van der Waals surface area contributed by atoms with Crippen LogP contribution in [0.1, 0.15) is 37.0 Å². The molecule has 0 aromatic carbocycles. The molecule has 10 heteroatoms. The summed E-state index contributed by atoms with van der Waals surface area (Å²) in [6.07, 6.45) is 8.61. The smallest absolute Gasteiger partial charge is 0.226 e. The number of H-pyrrole nitrogens is 1. The summed E-state index contributed by atoms with van der Waals surface area (Å²) in [5.41, 5.74) is 0.767. The summed E-state index contributed by atoms with van der Waals surface area (Å²) in [5.74, 6) is 1.29. The molecule has 2 aliphatic heterocycles. The highest BCUT2D eigenvalue weighted by Gasteiger charge is 2.40. The number of aromatic amines is 1. The standard InChI is InChI=1S/C20H24N8OS/c21-5-1-7-28-13-2-3-14(28)9-12(8-13)24-19-25-17-16(4-6-22-17)18(26-19)27-20-23-10-15(11-29)30-20/h4,6,10,12-14,29H,1-3,7-9,11H2,(H3,22,23,24,25,26,27)/t12-,13-,14+. The van der Waals surface area contributed by atoms with Crippen molar-refractivity contribution in [2.45, 2.75) is 56.8 Å². The number of rotatable bonds is 7. The van der Waals surface area contributed by atoms with Crippen molar-refractivity contribution in [3.63, 3.8) is 0 Å². The maximum Gasteiger partial charge on any atom is 0.226 e. The first-order valence-corrected chi connectivity index (χ1v) is 11.1. The number of aliphatic hydroxyl groups is 1. The molecule has 3 aromatic heterocycles. The number of aromatic nitrogens is 4. The van der Waals surface area contributed by atoms with Gasteiger partial charge in [0.15, 0.2) is 5.13 Å². The van der Waals surface area contributed by atoms with Crippen molar-refractivity contribution in [3.8, 4) is 6.07 Å². The lowest BCUT2D eigenvalue weighted by molar-refractivity contribution is 0.135. The first-order chi connectivity index (χ1) is 14.7. The van der Waals surface area contributed by atoms with Crippen LogP contribution in [-0.2, 0) is 6.61 Å². The molecule has 3 atom stereocenters. The second-order valence-electron chi connectivity index (χ2n) is 7.89. The Labute approximate surface area is 178 Å². The topological polar surface area (TPSA) is 126 Å². The molecule has 0 unspecified atom stereocenters. The fraction of sp³-hybridized carbons (Fsp3) is 0.500. The van der Waals surface area contributed by atoms with Crippen LogP contribution in [0.4, 0.5) is 16.9 Å². The molecule has 2 fully saturated rings. The zero-order valence-corrected chi connectivity index (χ0v) is 17.3. The largest absolute Gasteiger partial charge is 0.391 e. The van der Waals surface area contributed by atoms with E-state index in [1.165, 1.54) is 24.2 Å². The average molecular weight is 425 g/mol. The minimum Gasteiger partial charge on any atom is -0.391 e. The summed E-state index contributed by atoms with van der Waals surface area (Å²) < 4.78 is 0. The van der Waals surface area contributed by atoms with Crippen molar-refractivity contribution >= 4 is 39.3 Å². The van der Waals surface area contributed by atoms with Crippen molar-refractivity contribution < 1.29 is 5.11 Å². The Balaban J connectivity index is 1.33. The zero-order chi connectivity index (χ0) is 20.5. The maximum absolute atomic E-state index is 9.28. The van der Waals surface area contributed by atoms with Crippen LogP contribution in [0.5, 0.6) is 0 Å². The maximum atomic E-state index is 9.28. The third-order valence-corrected chi connectivity index (χ3v) is 6.95. The van der Waals surface area contributed by atoms with Crippen molar-refractivity contribution in [3.05, 3.63) is 23.3 Å². The van der Waals surface area contributed by atoms with Gasteiger partial charge in [0.1, 0.15) is 11.5 Å². The minimum absolute atomic E-state index is 0.0229. The van der Waals surface area contributed by atoms with E-state index in [9.17, 15) is 5.11 Å². The molecule has 2 saturated heterocycles. The number of thiazole rings is 1. The van der Waals surface area contributed by atoms with Crippen molar-refractivity contribution in [1.29, 1.82) is 5.26 Å². The molecule has 0 radical (unpaired) electrons. The Bertz CT molecular complexity index is 1060. The van der Waals surface area contributed by atoms with Gasteiger partial charge in [-0.25, -0.2) is 4.98 Å². The first kappa shape index (κ1) is 19.2. The predicted octanol–water partition coefficient (Wildman–Crippen LogP) is 2.97. The van der Waals surface area contributed by atoms with Gasteiger partial charge in [-0.2, -0.15) is 15.2 Å². The van der Waals surface area contributed by atoms with Gasteiger partial charge in [0.05, 0.1) is 22.9 Å². The lowest BCUT2D eigenvalue weighted by atomic mass is 9.97. The quantitative estimate of drug-likeness (QED) is 0.456. The third kappa shape index (κ3) is 3.71. The number of aliphatic hydroxyl groups excluding tert-OH is 1. The van der Waals surface area contributed by atoms with Crippen LogP contribution < -0.4 is 10.6 Å². The average Bonchev–Trinajstić information content (AvgIpc) is 3.45. The molecule has 0 amide bonds. The predicted molar refractivity (Wildman–Crippen MR) is 116 cm³/mol. The fourth-order valence-electron chi connectivity index (χ4n) is 4.76.